The first-order valence-corrected chi connectivity index (χ1v) is 6.09. The lowest BCUT2D eigenvalue weighted by Gasteiger charge is -2.00. The molecule has 2 heterocycles. The summed E-state index contributed by atoms with van der Waals surface area (Å²) in [6.07, 6.45) is 0.655. The number of benzene rings is 1. The van der Waals surface area contributed by atoms with Crippen LogP contribution in [0.15, 0.2) is 24.3 Å². The third-order valence-corrected chi connectivity index (χ3v) is 3.43. The van der Waals surface area contributed by atoms with E-state index in [2.05, 4.69) is 20.6 Å². The van der Waals surface area contributed by atoms with Crippen molar-refractivity contribution in [1.29, 1.82) is 0 Å². The van der Waals surface area contributed by atoms with E-state index >= 15 is 0 Å². The fourth-order valence-electron chi connectivity index (χ4n) is 1.64. The number of hydrogen-bond acceptors (Lipinski definition) is 5. The van der Waals surface area contributed by atoms with E-state index in [0.29, 0.717) is 6.41 Å². The van der Waals surface area contributed by atoms with Gasteiger partial charge in [0.2, 0.25) is 11.4 Å². The third kappa shape index (κ3) is 1.74. The Morgan fingerprint density at radius 1 is 1.39 bits per heavy atom. The second kappa shape index (κ2) is 4.19. The summed E-state index contributed by atoms with van der Waals surface area (Å²) in [6, 6.07) is 7.51. The molecule has 0 aliphatic heterocycles. The quantitative estimate of drug-likeness (QED) is 0.727. The van der Waals surface area contributed by atoms with Gasteiger partial charge in [0.05, 0.1) is 0 Å². The first-order valence-electron chi connectivity index (χ1n) is 5.27. The van der Waals surface area contributed by atoms with Crippen molar-refractivity contribution in [2.45, 2.75) is 6.92 Å². The molecule has 2 aromatic heterocycles. The summed E-state index contributed by atoms with van der Waals surface area (Å²) in [7, 11) is 0. The molecule has 0 atom stereocenters. The van der Waals surface area contributed by atoms with Crippen molar-refractivity contribution in [3.05, 3.63) is 30.1 Å². The number of carbonyl (C=O) groups excluding carboxylic acids is 1. The van der Waals surface area contributed by atoms with E-state index in [-0.39, 0.29) is 0 Å². The molecule has 0 saturated carbocycles. The Hall–Kier alpha value is -2.28. The number of aryl methyl sites for hydroxylation is 1. The van der Waals surface area contributed by atoms with E-state index < -0.39 is 0 Å². The fourth-order valence-corrected chi connectivity index (χ4v) is 2.52. The normalized spacial score (nSPS) is 10.7. The maximum atomic E-state index is 10.4. The summed E-state index contributed by atoms with van der Waals surface area (Å²) >= 11 is 1.46. The molecule has 7 heteroatoms. The standard InChI is InChI=1S/C11H9N5OS/c1-7-13-14-11-16(7)15-10(18-11)8-3-2-4-9(5-8)12-6-17/h2-6H,1H3,(H,12,17). The topological polar surface area (TPSA) is 72.2 Å². The Kier molecular flexibility index (Phi) is 2.52. The van der Waals surface area contributed by atoms with Crippen LogP contribution in [0.3, 0.4) is 0 Å². The smallest absolute Gasteiger partial charge is 0.234 e. The second-order valence-corrected chi connectivity index (χ2v) is 4.65. The summed E-state index contributed by atoms with van der Waals surface area (Å²) in [5.74, 6) is 0.759. The molecule has 0 aliphatic rings. The number of carbonyl (C=O) groups is 1. The number of aromatic nitrogens is 4. The molecule has 0 aliphatic carbocycles. The fraction of sp³-hybridized carbons (Fsp3) is 0.0909. The number of fused-ring (bicyclic) bond motifs is 1. The predicted octanol–water partition coefficient (Wildman–Crippen LogP) is 1.73. The molecule has 1 aromatic carbocycles. The summed E-state index contributed by atoms with van der Waals surface area (Å²) in [6.45, 7) is 1.86. The van der Waals surface area contributed by atoms with Crippen molar-refractivity contribution in [1.82, 2.24) is 19.8 Å². The Morgan fingerprint density at radius 3 is 3.06 bits per heavy atom. The van der Waals surface area contributed by atoms with E-state index in [1.54, 1.807) is 4.52 Å². The van der Waals surface area contributed by atoms with Crippen molar-refractivity contribution in [2.75, 3.05) is 5.32 Å². The first kappa shape index (κ1) is 10.8. The van der Waals surface area contributed by atoms with Crippen molar-refractivity contribution >= 4 is 28.4 Å². The number of amides is 1. The Bertz CT molecular complexity index is 717. The average Bonchev–Trinajstić information content (AvgIpc) is 2.93. The average molecular weight is 259 g/mol. The van der Waals surface area contributed by atoms with Crippen LogP contribution in [0, 0.1) is 6.92 Å². The van der Waals surface area contributed by atoms with Gasteiger partial charge in [-0.3, -0.25) is 4.79 Å². The minimum Gasteiger partial charge on any atom is -0.329 e. The summed E-state index contributed by atoms with van der Waals surface area (Å²) in [5, 5.41) is 15.9. The van der Waals surface area contributed by atoms with Gasteiger partial charge in [0, 0.05) is 11.3 Å². The predicted molar refractivity (Wildman–Crippen MR) is 68.5 cm³/mol. The molecular formula is C11H9N5OS. The zero-order valence-corrected chi connectivity index (χ0v) is 10.3. The van der Waals surface area contributed by atoms with Crippen LogP contribution in [0.1, 0.15) is 5.82 Å². The highest BCUT2D eigenvalue weighted by Crippen LogP contribution is 2.27. The van der Waals surface area contributed by atoms with E-state index in [1.807, 2.05) is 31.2 Å². The number of rotatable bonds is 3. The monoisotopic (exact) mass is 259 g/mol. The molecular weight excluding hydrogens is 250 g/mol. The second-order valence-electron chi connectivity index (χ2n) is 3.69. The Balaban J connectivity index is 2.07. The van der Waals surface area contributed by atoms with Crippen LogP contribution in [0.5, 0.6) is 0 Å². The highest BCUT2D eigenvalue weighted by Gasteiger charge is 2.10. The summed E-state index contributed by atoms with van der Waals surface area (Å²) in [4.78, 5) is 11.2. The molecule has 0 fully saturated rings. The van der Waals surface area contributed by atoms with Crippen LogP contribution in [0.4, 0.5) is 5.69 Å². The highest BCUT2D eigenvalue weighted by atomic mass is 32.1. The van der Waals surface area contributed by atoms with E-state index in [1.165, 1.54) is 11.3 Å². The van der Waals surface area contributed by atoms with Gasteiger partial charge < -0.3 is 5.32 Å². The van der Waals surface area contributed by atoms with Gasteiger partial charge in [0.1, 0.15) is 5.01 Å². The molecule has 0 bridgehead atoms. The van der Waals surface area contributed by atoms with Crippen molar-refractivity contribution < 1.29 is 4.79 Å². The van der Waals surface area contributed by atoms with Gasteiger partial charge in [-0.25, -0.2) is 0 Å². The lowest BCUT2D eigenvalue weighted by atomic mass is 10.2. The Labute approximate surface area is 106 Å². The first-order chi connectivity index (χ1) is 8.78. The molecule has 0 saturated heterocycles. The minimum atomic E-state index is 0.655. The lowest BCUT2D eigenvalue weighted by Crippen LogP contribution is -1.93. The molecule has 1 N–H and O–H groups in total. The Morgan fingerprint density at radius 2 is 2.28 bits per heavy atom. The van der Waals surface area contributed by atoms with Crippen LogP contribution in [-0.4, -0.2) is 26.2 Å². The van der Waals surface area contributed by atoms with Crippen molar-refractivity contribution in [3.8, 4) is 10.6 Å². The van der Waals surface area contributed by atoms with Crippen molar-refractivity contribution in [3.63, 3.8) is 0 Å². The summed E-state index contributed by atoms with van der Waals surface area (Å²) < 4.78 is 1.71. The number of anilines is 1. The molecule has 0 radical (unpaired) electrons. The molecule has 3 rings (SSSR count). The SMILES string of the molecule is Cc1nnc2sc(-c3cccc(NC=O)c3)nn12. The van der Waals surface area contributed by atoms with Crippen LogP contribution >= 0.6 is 11.3 Å². The maximum Gasteiger partial charge on any atom is 0.234 e. The minimum absolute atomic E-state index is 0.655. The van der Waals surface area contributed by atoms with Crippen LogP contribution in [0.25, 0.3) is 15.5 Å². The number of nitrogens with zero attached hydrogens (tertiary/aromatic N) is 4. The van der Waals surface area contributed by atoms with Gasteiger partial charge in [-0.2, -0.15) is 9.61 Å². The molecule has 18 heavy (non-hydrogen) atoms. The largest absolute Gasteiger partial charge is 0.329 e. The molecule has 1 amide bonds. The van der Waals surface area contributed by atoms with Gasteiger partial charge in [0.15, 0.2) is 5.82 Å². The number of hydrogen-bond donors (Lipinski definition) is 1. The van der Waals surface area contributed by atoms with E-state index in [0.717, 1.165) is 27.0 Å². The molecule has 3 aromatic rings. The summed E-state index contributed by atoms with van der Waals surface area (Å²) in [5.41, 5.74) is 1.68. The van der Waals surface area contributed by atoms with Crippen molar-refractivity contribution in [2.24, 2.45) is 0 Å². The highest BCUT2D eigenvalue weighted by molar-refractivity contribution is 7.19. The van der Waals surface area contributed by atoms with Gasteiger partial charge in [-0.1, -0.05) is 23.5 Å². The zero-order valence-electron chi connectivity index (χ0n) is 9.49. The molecule has 90 valence electrons. The third-order valence-electron chi connectivity index (χ3n) is 2.48. The lowest BCUT2D eigenvalue weighted by molar-refractivity contribution is -0.105. The van der Waals surface area contributed by atoms with Gasteiger partial charge in [0.25, 0.3) is 0 Å². The van der Waals surface area contributed by atoms with Gasteiger partial charge in [-0.15, -0.1) is 10.2 Å². The maximum absolute atomic E-state index is 10.4. The van der Waals surface area contributed by atoms with Gasteiger partial charge >= 0.3 is 0 Å². The molecule has 0 unspecified atom stereocenters. The molecule has 6 nitrogen and oxygen atoms in total. The zero-order chi connectivity index (χ0) is 12.5. The van der Waals surface area contributed by atoms with E-state index in [4.69, 9.17) is 0 Å². The van der Waals surface area contributed by atoms with Crippen LogP contribution < -0.4 is 5.32 Å². The van der Waals surface area contributed by atoms with Crippen LogP contribution in [-0.2, 0) is 4.79 Å². The van der Waals surface area contributed by atoms with E-state index in [9.17, 15) is 4.79 Å². The van der Waals surface area contributed by atoms with Gasteiger partial charge in [-0.05, 0) is 19.1 Å². The number of nitrogens with one attached hydrogen (secondary N) is 1. The van der Waals surface area contributed by atoms with Crippen LogP contribution in [0.2, 0.25) is 0 Å². The molecule has 0 spiro atoms.